The second-order valence-corrected chi connectivity index (χ2v) is 10.2. The van der Waals surface area contributed by atoms with E-state index in [9.17, 15) is 13.2 Å². The fourth-order valence-electron chi connectivity index (χ4n) is 4.19. The summed E-state index contributed by atoms with van der Waals surface area (Å²) in [6.07, 6.45) is 2.79. The van der Waals surface area contributed by atoms with E-state index in [0.29, 0.717) is 23.0 Å². The minimum atomic E-state index is -3.45. The lowest BCUT2D eigenvalue weighted by Gasteiger charge is -2.39. The number of carbonyl (C=O) groups is 1. The Hall–Kier alpha value is -1.80. The quantitative estimate of drug-likeness (QED) is 0.769. The second-order valence-electron chi connectivity index (χ2n) is 8.37. The number of carbonyl (C=O) groups excluding carboxylic acids is 1. The summed E-state index contributed by atoms with van der Waals surface area (Å²) < 4.78 is 38.1. The maximum atomic E-state index is 12.4. The SMILES string of the molecule is C[C@H]1C[C@H](NS(=O)(=O)CCNC(=O)c2ccc3c(c2)OCO3)CC(C)(C)C1. The summed E-state index contributed by atoms with van der Waals surface area (Å²) in [5.74, 6) is 1.13. The van der Waals surface area contributed by atoms with Crippen LogP contribution in [0.25, 0.3) is 0 Å². The van der Waals surface area contributed by atoms with Gasteiger partial charge in [0.05, 0.1) is 5.75 Å². The van der Waals surface area contributed by atoms with Gasteiger partial charge in [0.25, 0.3) is 5.91 Å². The van der Waals surface area contributed by atoms with E-state index in [0.717, 1.165) is 19.3 Å². The lowest BCUT2D eigenvalue weighted by Crippen LogP contribution is -2.45. The number of benzene rings is 1. The van der Waals surface area contributed by atoms with Gasteiger partial charge in [-0.25, -0.2) is 13.1 Å². The molecular weight excluding hydrogens is 368 g/mol. The molecule has 7 nitrogen and oxygen atoms in total. The molecule has 2 atom stereocenters. The van der Waals surface area contributed by atoms with Crippen molar-refractivity contribution >= 4 is 15.9 Å². The first-order valence-corrected chi connectivity index (χ1v) is 11.0. The Balaban J connectivity index is 1.49. The van der Waals surface area contributed by atoms with Gasteiger partial charge in [0.15, 0.2) is 11.5 Å². The van der Waals surface area contributed by atoms with Gasteiger partial charge in [0, 0.05) is 18.2 Å². The molecule has 0 aromatic heterocycles. The zero-order valence-corrected chi connectivity index (χ0v) is 16.9. The van der Waals surface area contributed by atoms with Crippen molar-refractivity contribution in [3.8, 4) is 11.5 Å². The average Bonchev–Trinajstić information content (AvgIpc) is 2.99. The Morgan fingerprint density at radius 1 is 1.22 bits per heavy atom. The number of amides is 1. The first-order valence-electron chi connectivity index (χ1n) is 9.31. The summed E-state index contributed by atoms with van der Waals surface area (Å²) in [5, 5.41) is 2.65. The molecule has 2 aliphatic rings. The molecule has 0 spiro atoms. The molecule has 2 N–H and O–H groups in total. The first-order chi connectivity index (χ1) is 12.6. The van der Waals surface area contributed by atoms with Crippen LogP contribution in [0, 0.1) is 11.3 Å². The molecule has 1 aliphatic heterocycles. The number of ether oxygens (including phenoxy) is 2. The summed E-state index contributed by atoms with van der Waals surface area (Å²) in [6, 6.07) is 4.84. The molecule has 8 heteroatoms. The molecule has 3 rings (SSSR count). The molecule has 0 unspecified atom stereocenters. The Labute approximate surface area is 160 Å². The largest absolute Gasteiger partial charge is 0.454 e. The topological polar surface area (TPSA) is 93.7 Å². The second kappa shape index (κ2) is 7.67. The summed E-state index contributed by atoms with van der Waals surface area (Å²) >= 11 is 0. The van der Waals surface area contributed by atoms with Gasteiger partial charge in [-0.15, -0.1) is 0 Å². The van der Waals surface area contributed by atoms with Gasteiger partial charge < -0.3 is 14.8 Å². The number of hydrogen-bond donors (Lipinski definition) is 2. The molecular formula is C19H28N2O5S. The van der Waals surface area contributed by atoms with Gasteiger partial charge in [-0.2, -0.15) is 0 Å². The molecule has 27 heavy (non-hydrogen) atoms. The van der Waals surface area contributed by atoms with Gasteiger partial charge in [-0.05, 0) is 48.8 Å². The molecule has 1 fully saturated rings. The highest BCUT2D eigenvalue weighted by Gasteiger charge is 2.33. The van der Waals surface area contributed by atoms with E-state index in [1.807, 2.05) is 0 Å². The van der Waals surface area contributed by atoms with Crippen LogP contribution in [0.1, 0.15) is 50.4 Å². The van der Waals surface area contributed by atoms with Gasteiger partial charge in [-0.3, -0.25) is 4.79 Å². The van der Waals surface area contributed by atoms with Crippen LogP contribution in [-0.2, 0) is 10.0 Å². The third-order valence-corrected chi connectivity index (χ3v) is 6.46. The number of rotatable bonds is 6. The van der Waals surface area contributed by atoms with Crippen molar-refractivity contribution in [1.82, 2.24) is 10.0 Å². The normalized spacial score (nSPS) is 23.8. The van der Waals surface area contributed by atoms with Crippen molar-refractivity contribution in [2.45, 2.75) is 46.1 Å². The Morgan fingerprint density at radius 2 is 1.96 bits per heavy atom. The fourth-order valence-corrected chi connectivity index (χ4v) is 5.36. The third-order valence-electron chi connectivity index (χ3n) is 5.02. The fraction of sp³-hybridized carbons (Fsp3) is 0.632. The Kier molecular flexibility index (Phi) is 5.67. The van der Waals surface area contributed by atoms with Crippen molar-refractivity contribution in [2.24, 2.45) is 11.3 Å². The first kappa shape index (κ1) is 19.9. The van der Waals surface area contributed by atoms with Crippen LogP contribution in [0.5, 0.6) is 11.5 Å². The van der Waals surface area contributed by atoms with Crippen LogP contribution in [0.3, 0.4) is 0 Å². The van der Waals surface area contributed by atoms with E-state index in [-0.39, 0.29) is 36.5 Å². The van der Waals surface area contributed by atoms with Crippen LogP contribution in [0.4, 0.5) is 0 Å². The minimum absolute atomic E-state index is 0.0432. The van der Waals surface area contributed by atoms with Crippen molar-refractivity contribution in [3.05, 3.63) is 23.8 Å². The van der Waals surface area contributed by atoms with E-state index in [4.69, 9.17) is 9.47 Å². The molecule has 1 amide bonds. The molecule has 1 aromatic carbocycles. The zero-order valence-electron chi connectivity index (χ0n) is 16.1. The van der Waals surface area contributed by atoms with E-state index in [2.05, 4.69) is 30.8 Å². The van der Waals surface area contributed by atoms with Crippen LogP contribution in [0.15, 0.2) is 18.2 Å². The van der Waals surface area contributed by atoms with Gasteiger partial charge in [0.2, 0.25) is 16.8 Å². The third kappa shape index (κ3) is 5.35. The maximum absolute atomic E-state index is 12.4. The molecule has 0 radical (unpaired) electrons. The van der Waals surface area contributed by atoms with Crippen LogP contribution in [-0.4, -0.2) is 39.5 Å². The summed E-state index contributed by atoms with van der Waals surface area (Å²) in [5.41, 5.74) is 0.547. The molecule has 1 aliphatic carbocycles. The number of fused-ring (bicyclic) bond motifs is 1. The van der Waals surface area contributed by atoms with Crippen LogP contribution < -0.4 is 19.5 Å². The highest BCUT2D eigenvalue weighted by molar-refractivity contribution is 7.89. The predicted octanol–water partition coefficient (Wildman–Crippen LogP) is 2.28. The summed E-state index contributed by atoms with van der Waals surface area (Å²) in [6.45, 7) is 6.70. The van der Waals surface area contributed by atoms with E-state index < -0.39 is 10.0 Å². The molecule has 1 saturated carbocycles. The Morgan fingerprint density at radius 3 is 2.70 bits per heavy atom. The van der Waals surface area contributed by atoms with Crippen molar-refractivity contribution in [3.63, 3.8) is 0 Å². The lowest BCUT2D eigenvalue weighted by atomic mass is 9.71. The number of sulfonamides is 1. The number of nitrogens with one attached hydrogen (secondary N) is 2. The molecule has 0 saturated heterocycles. The molecule has 1 aromatic rings. The monoisotopic (exact) mass is 396 g/mol. The highest BCUT2D eigenvalue weighted by Crippen LogP contribution is 2.38. The van der Waals surface area contributed by atoms with Crippen LogP contribution in [0.2, 0.25) is 0 Å². The maximum Gasteiger partial charge on any atom is 0.251 e. The highest BCUT2D eigenvalue weighted by atomic mass is 32.2. The van der Waals surface area contributed by atoms with Gasteiger partial charge >= 0.3 is 0 Å². The van der Waals surface area contributed by atoms with E-state index in [1.165, 1.54) is 0 Å². The molecule has 0 bridgehead atoms. The van der Waals surface area contributed by atoms with E-state index in [1.54, 1.807) is 18.2 Å². The predicted molar refractivity (Wildman–Crippen MR) is 102 cm³/mol. The van der Waals surface area contributed by atoms with Crippen LogP contribution >= 0.6 is 0 Å². The van der Waals surface area contributed by atoms with Crippen molar-refractivity contribution in [1.29, 1.82) is 0 Å². The van der Waals surface area contributed by atoms with Gasteiger partial charge in [-0.1, -0.05) is 20.8 Å². The summed E-state index contributed by atoms with van der Waals surface area (Å²) in [4.78, 5) is 12.2. The lowest BCUT2D eigenvalue weighted by molar-refractivity contribution is 0.0955. The molecule has 1 heterocycles. The molecule has 150 valence electrons. The minimum Gasteiger partial charge on any atom is -0.454 e. The standard InChI is InChI=1S/C19H28N2O5S/c1-13-8-15(11-19(2,3)10-13)21-27(23,24)7-6-20-18(22)14-4-5-16-17(9-14)26-12-25-16/h4-5,9,13,15,21H,6-8,10-12H2,1-3H3,(H,20,22)/t13-,15-/m0/s1. The summed E-state index contributed by atoms with van der Waals surface area (Å²) in [7, 11) is -3.45. The smallest absolute Gasteiger partial charge is 0.251 e. The van der Waals surface area contributed by atoms with Gasteiger partial charge in [0.1, 0.15) is 0 Å². The Bertz CT molecular complexity index is 806. The average molecular weight is 397 g/mol. The van der Waals surface area contributed by atoms with E-state index >= 15 is 0 Å². The zero-order chi connectivity index (χ0) is 19.7. The van der Waals surface area contributed by atoms with Crippen molar-refractivity contribution in [2.75, 3.05) is 19.1 Å². The number of hydrogen-bond acceptors (Lipinski definition) is 5. The van der Waals surface area contributed by atoms with Crippen molar-refractivity contribution < 1.29 is 22.7 Å².